The van der Waals surface area contributed by atoms with Gasteiger partial charge in [-0.15, -0.1) is 6.58 Å². The maximum absolute atomic E-state index is 14.6. The van der Waals surface area contributed by atoms with Gasteiger partial charge in [-0.25, -0.2) is 4.39 Å². The van der Waals surface area contributed by atoms with Gasteiger partial charge in [0, 0.05) is 0 Å². The Hall–Kier alpha value is -1.42. The van der Waals surface area contributed by atoms with Gasteiger partial charge in [-0.1, -0.05) is 38.3 Å². The topological polar surface area (TPSA) is 18.5 Å². The minimum absolute atomic E-state index is 0.0339. The summed E-state index contributed by atoms with van der Waals surface area (Å²) >= 11 is 0. The van der Waals surface area contributed by atoms with Crippen molar-refractivity contribution >= 4 is 0 Å². The first-order valence-electron chi connectivity index (χ1n) is 10.9. The molecule has 0 heterocycles. The Morgan fingerprint density at radius 2 is 1.64 bits per heavy atom. The van der Waals surface area contributed by atoms with Gasteiger partial charge in [0.2, 0.25) is 5.82 Å². The van der Waals surface area contributed by atoms with Crippen LogP contribution in [0.4, 0.5) is 8.78 Å². The molecule has 2 saturated carbocycles. The molecule has 0 amide bonds. The van der Waals surface area contributed by atoms with Gasteiger partial charge in [-0.05, 0) is 73.8 Å². The molecule has 0 bridgehead atoms. The highest BCUT2D eigenvalue weighted by molar-refractivity contribution is 5.33. The summed E-state index contributed by atoms with van der Waals surface area (Å²) in [6.07, 6.45) is 11.8. The molecule has 156 valence electrons. The van der Waals surface area contributed by atoms with Crippen molar-refractivity contribution in [1.29, 1.82) is 0 Å². The Kier molecular flexibility index (Phi) is 7.90. The van der Waals surface area contributed by atoms with Crippen molar-refractivity contribution in [2.45, 2.75) is 70.6 Å². The molecule has 0 radical (unpaired) electrons. The van der Waals surface area contributed by atoms with E-state index in [1.807, 2.05) is 6.08 Å². The summed E-state index contributed by atoms with van der Waals surface area (Å²) in [7, 11) is 0. The van der Waals surface area contributed by atoms with E-state index in [4.69, 9.17) is 9.47 Å². The normalized spacial score (nSPS) is 28.1. The molecule has 0 spiro atoms. The number of halogens is 2. The summed E-state index contributed by atoms with van der Waals surface area (Å²) in [6, 6.07) is 3.22. The molecule has 1 aromatic rings. The van der Waals surface area contributed by atoms with Crippen molar-refractivity contribution in [2.24, 2.45) is 17.8 Å². The highest BCUT2D eigenvalue weighted by atomic mass is 19.2. The van der Waals surface area contributed by atoms with Gasteiger partial charge in [0.25, 0.3) is 0 Å². The van der Waals surface area contributed by atoms with Crippen LogP contribution in [-0.2, 0) is 4.74 Å². The minimum Gasteiger partial charge on any atom is -0.464 e. The molecule has 3 rings (SSSR count). The van der Waals surface area contributed by atoms with E-state index in [0.29, 0.717) is 24.0 Å². The smallest absolute Gasteiger partial charge is 0.201 e. The van der Waals surface area contributed by atoms with Crippen molar-refractivity contribution in [3.05, 3.63) is 42.0 Å². The van der Waals surface area contributed by atoms with Crippen molar-refractivity contribution < 1.29 is 18.3 Å². The number of ether oxygens (including phenoxy) is 2. The van der Waals surface area contributed by atoms with Crippen LogP contribution in [0.2, 0.25) is 0 Å². The van der Waals surface area contributed by atoms with Crippen LogP contribution in [0.3, 0.4) is 0 Å². The van der Waals surface area contributed by atoms with Gasteiger partial charge in [0.15, 0.2) is 18.4 Å². The lowest BCUT2D eigenvalue weighted by Crippen LogP contribution is -2.19. The van der Waals surface area contributed by atoms with Crippen LogP contribution < -0.4 is 4.74 Å². The second-order valence-electron chi connectivity index (χ2n) is 8.56. The summed E-state index contributed by atoms with van der Waals surface area (Å²) in [5.74, 6) is 0.273. The Morgan fingerprint density at radius 1 is 0.964 bits per heavy atom. The van der Waals surface area contributed by atoms with Crippen molar-refractivity contribution in [1.82, 2.24) is 0 Å². The first-order valence-corrected chi connectivity index (χ1v) is 10.9. The maximum Gasteiger partial charge on any atom is 0.201 e. The van der Waals surface area contributed by atoms with E-state index >= 15 is 0 Å². The lowest BCUT2D eigenvalue weighted by Gasteiger charge is -2.28. The highest BCUT2D eigenvalue weighted by Gasteiger charge is 2.26. The van der Waals surface area contributed by atoms with E-state index in [1.54, 1.807) is 12.1 Å². The van der Waals surface area contributed by atoms with Gasteiger partial charge in [0.05, 0.1) is 6.61 Å². The first kappa shape index (κ1) is 21.3. The Balaban J connectivity index is 1.46. The number of hydrogen-bond donors (Lipinski definition) is 0. The number of allylic oxidation sites excluding steroid dienone is 1. The summed E-state index contributed by atoms with van der Waals surface area (Å²) in [6.45, 7) is 6.68. The second-order valence-corrected chi connectivity index (χ2v) is 8.56. The second kappa shape index (κ2) is 10.4. The third kappa shape index (κ3) is 5.34. The fourth-order valence-electron chi connectivity index (χ4n) is 4.77. The standard InChI is InChI=1S/C24H34F2O2/c1-3-17-5-7-19(8-6-17)15-27-16-28-22-14-13-21(23(25)24(22)26)20-11-9-18(4-2)10-12-20/h4,13-14,17-20H,2-3,5-12,15-16H2,1H3/t17-,18-,19-,20-. The lowest BCUT2D eigenvalue weighted by molar-refractivity contribution is -0.0124. The third-order valence-electron chi connectivity index (χ3n) is 6.82. The fraction of sp³-hybridized carbons (Fsp3) is 0.667. The average Bonchev–Trinajstić information content (AvgIpc) is 2.74. The largest absolute Gasteiger partial charge is 0.464 e. The Bertz CT molecular complexity index is 630. The van der Waals surface area contributed by atoms with Crippen molar-refractivity contribution in [3.63, 3.8) is 0 Å². The zero-order valence-corrected chi connectivity index (χ0v) is 17.1. The monoisotopic (exact) mass is 392 g/mol. The molecule has 28 heavy (non-hydrogen) atoms. The molecule has 0 N–H and O–H groups in total. The average molecular weight is 393 g/mol. The van der Waals surface area contributed by atoms with E-state index in [2.05, 4.69) is 13.5 Å². The molecule has 0 saturated heterocycles. The summed E-state index contributed by atoms with van der Waals surface area (Å²) in [5.41, 5.74) is 0.473. The van der Waals surface area contributed by atoms with Crippen molar-refractivity contribution in [3.8, 4) is 5.75 Å². The van der Waals surface area contributed by atoms with E-state index in [-0.39, 0.29) is 18.5 Å². The van der Waals surface area contributed by atoms with Gasteiger partial charge in [0.1, 0.15) is 0 Å². The van der Waals surface area contributed by atoms with E-state index in [0.717, 1.165) is 31.6 Å². The fourth-order valence-corrected chi connectivity index (χ4v) is 4.77. The molecular formula is C24H34F2O2. The quantitative estimate of drug-likeness (QED) is 0.269. The molecule has 0 atom stereocenters. The number of hydrogen-bond acceptors (Lipinski definition) is 2. The van der Waals surface area contributed by atoms with Crippen LogP contribution >= 0.6 is 0 Å². The van der Waals surface area contributed by atoms with Gasteiger partial charge in [-0.3, -0.25) is 0 Å². The van der Waals surface area contributed by atoms with Crippen LogP contribution in [-0.4, -0.2) is 13.4 Å². The zero-order chi connectivity index (χ0) is 19.9. The minimum atomic E-state index is -0.893. The van der Waals surface area contributed by atoms with Crippen LogP contribution in [0.1, 0.15) is 76.2 Å². The predicted octanol–water partition coefficient (Wildman–Crippen LogP) is 6.99. The SMILES string of the molecule is C=C[C@H]1CC[C@H](c2ccc(OCOC[C@H]3CC[C@H](CC)CC3)c(F)c2F)CC1. The molecule has 2 fully saturated rings. The Labute approximate surface area is 168 Å². The molecule has 0 unspecified atom stereocenters. The number of rotatable bonds is 8. The van der Waals surface area contributed by atoms with Gasteiger partial charge >= 0.3 is 0 Å². The molecular weight excluding hydrogens is 358 g/mol. The molecule has 2 aliphatic carbocycles. The summed E-state index contributed by atoms with van der Waals surface area (Å²) in [4.78, 5) is 0. The number of benzene rings is 1. The van der Waals surface area contributed by atoms with Gasteiger partial charge in [-0.2, -0.15) is 4.39 Å². The predicted molar refractivity (Wildman–Crippen MR) is 108 cm³/mol. The lowest BCUT2D eigenvalue weighted by atomic mass is 9.78. The van der Waals surface area contributed by atoms with E-state index < -0.39 is 11.6 Å². The van der Waals surface area contributed by atoms with Crippen LogP contribution in [0, 0.1) is 29.4 Å². The van der Waals surface area contributed by atoms with Crippen molar-refractivity contribution in [2.75, 3.05) is 13.4 Å². The molecule has 4 heteroatoms. The summed E-state index contributed by atoms with van der Waals surface area (Å²) < 4.78 is 40.0. The van der Waals surface area contributed by atoms with Gasteiger partial charge < -0.3 is 9.47 Å². The molecule has 2 nitrogen and oxygen atoms in total. The summed E-state index contributed by atoms with van der Waals surface area (Å²) in [5, 5.41) is 0. The van der Waals surface area contributed by atoms with Crippen LogP contribution in [0.25, 0.3) is 0 Å². The van der Waals surface area contributed by atoms with E-state index in [1.165, 1.54) is 32.1 Å². The van der Waals surface area contributed by atoms with Crippen LogP contribution in [0.15, 0.2) is 24.8 Å². The van der Waals surface area contributed by atoms with E-state index in [9.17, 15) is 8.78 Å². The first-order chi connectivity index (χ1) is 13.6. The zero-order valence-electron chi connectivity index (χ0n) is 17.1. The third-order valence-corrected chi connectivity index (χ3v) is 6.82. The highest BCUT2D eigenvalue weighted by Crippen LogP contribution is 2.39. The molecule has 1 aromatic carbocycles. The maximum atomic E-state index is 14.6. The molecule has 0 aliphatic heterocycles. The van der Waals surface area contributed by atoms with Crippen LogP contribution in [0.5, 0.6) is 5.75 Å². The Morgan fingerprint density at radius 3 is 2.29 bits per heavy atom. The molecule has 0 aromatic heterocycles. The molecule has 2 aliphatic rings.